The molecule has 1 aliphatic heterocycles. The average molecular weight is 206 g/mol. The molecular formula is C12H18N2O. The molecule has 1 heterocycles. The molecule has 0 unspecified atom stereocenters. The smallest absolute Gasteiger partial charge is 0.0767 e. The second-order valence-corrected chi connectivity index (χ2v) is 3.85. The van der Waals surface area contributed by atoms with Crippen molar-refractivity contribution in [2.75, 3.05) is 31.1 Å². The summed E-state index contributed by atoms with van der Waals surface area (Å²) >= 11 is 0. The van der Waals surface area contributed by atoms with E-state index in [1.54, 1.807) is 0 Å². The SMILES string of the molecule is NCCO[C@H]1CCN(c2ccccc2)C1. The molecule has 0 spiro atoms. The molecule has 1 aromatic rings. The quantitative estimate of drug-likeness (QED) is 0.805. The summed E-state index contributed by atoms with van der Waals surface area (Å²) in [7, 11) is 0. The van der Waals surface area contributed by atoms with E-state index in [4.69, 9.17) is 10.5 Å². The number of anilines is 1. The summed E-state index contributed by atoms with van der Waals surface area (Å²) in [5.74, 6) is 0. The largest absolute Gasteiger partial charge is 0.375 e. The highest BCUT2D eigenvalue weighted by atomic mass is 16.5. The molecule has 1 fully saturated rings. The van der Waals surface area contributed by atoms with Crippen LogP contribution in [0.3, 0.4) is 0 Å². The van der Waals surface area contributed by atoms with Crippen LogP contribution in [0, 0.1) is 0 Å². The van der Waals surface area contributed by atoms with Crippen LogP contribution in [-0.2, 0) is 4.74 Å². The first kappa shape index (κ1) is 10.5. The van der Waals surface area contributed by atoms with Crippen molar-refractivity contribution in [1.29, 1.82) is 0 Å². The van der Waals surface area contributed by atoms with Crippen molar-refractivity contribution in [2.24, 2.45) is 5.73 Å². The maximum atomic E-state index is 5.64. The Morgan fingerprint density at radius 1 is 1.33 bits per heavy atom. The maximum Gasteiger partial charge on any atom is 0.0767 e. The number of ether oxygens (including phenoxy) is 1. The van der Waals surface area contributed by atoms with Crippen molar-refractivity contribution in [3.8, 4) is 0 Å². The lowest BCUT2D eigenvalue weighted by atomic mass is 10.3. The predicted molar refractivity (Wildman–Crippen MR) is 62.1 cm³/mol. The molecule has 0 radical (unpaired) electrons. The maximum absolute atomic E-state index is 5.64. The van der Waals surface area contributed by atoms with Gasteiger partial charge in [-0.05, 0) is 18.6 Å². The Kier molecular flexibility index (Phi) is 3.59. The summed E-state index contributed by atoms with van der Waals surface area (Å²) in [6.45, 7) is 3.36. The average Bonchev–Trinajstić information content (AvgIpc) is 2.76. The highest BCUT2D eigenvalue weighted by molar-refractivity contribution is 5.47. The van der Waals surface area contributed by atoms with E-state index in [2.05, 4.69) is 29.2 Å². The monoisotopic (exact) mass is 206 g/mol. The van der Waals surface area contributed by atoms with E-state index in [-0.39, 0.29) is 0 Å². The number of para-hydroxylation sites is 1. The molecule has 2 rings (SSSR count). The molecule has 0 saturated carbocycles. The second kappa shape index (κ2) is 5.14. The zero-order chi connectivity index (χ0) is 10.5. The molecule has 3 nitrogen and oxygen atoms in total. The Morgan fingerprint density at radius 3 is 2.87 bits per heavy atom. The Morgan fingerprint density at radius 2 is 2.13 bits per heavy atom. The first-order chi connectivity index (χ1) is 7.40. The third kappa shape index (κ3) is 2.70. The van der Waals surface area contributed by atoms with Gasteiger partial charge in [-0.15, -0.1) is 0 Å². The first-order valence-electron chi connectivity index (χ1n) is 5.52. The van der Waals surface area contributed by atoms with Crippen LogP contribution in [0.25, 0.3) is 0 Å². The lowest BCUT2D eigenvalue weighted by Crippen LogP contribution is -2.24. The van der Waals surface area contributed by atoms with Crippen LogP contribution in [0.1, 0.15) is 6.42 Å². The van der Waals surface area contributed by atoms with Crippen molar-refractivity contribution in [3.63, 3.8) is 0 Å². The number of benzene rings is 1. The topological polar surface area (TPSA) is 38.5 Å². The Balaban J connectivity index is 1.87. The minimum atomic E-state index is 0.355. The molecule has 0 aromatic heterocycles. The number of hydrogen-bond acceptors (Lipinski definition) is 3. The molecule has 1 atom stereocenters. The summed E-state index contributed by atoms with van der Waals surface area (Å²) in [4.78, 5) is 2.36. The molecule has 0 bridgehead atoms. The number of nitrogens with zero attached hydrogens (tertiary/aromatic N) is 1. The van der Waals surface area contributed by atoms with E-state index in [1.165, 1.54) is 5.69 Å². The van der Waals surface area contributed by atoms with Gasteiger partial charge in [-0.2, -0.15) is 0 Å². The summed E-state index contributed by atoms with van der Waals surface area (Å²) in [6, 6.07) is 10.5. The summed E-state index contributed by atoms with van der Waals surface area (Å²) < 4.78 is 5.64. The molecule has 0 aliphatic carbocycles. The van der Waals surface area contributed by atoms with E-state index in [9.17, 15) is 0 Å². The van der Waals surface area contributed by atoms with Gasteiger partial charge < -0.3 is 15.4 Å². The van der Waals surface area contributed by atoms with Crippen LogP contribution in [0.2, 0.25) is 0 Å². The van der Waals surface area contributed by atoms with E-state index in [0.29, 0.717) is 19.3 Å². The fourth-order valence-electron chi connectivity index (χ4n) is 1.97. The molecule has 1 aromatic carbocycles. The second-order valence-electron chi connectivity index (χ2n) is 3.85. The molecular weight excluding hydrogens is 188 g/mol. The van der Waals surface area contributed by atoms with E-state index >= 15 is 0 Å². The fraction of sp³-hybridized carbons (Fsp3) is 0.500. The van der Waals surface area contributed by atoms with Crippen LogP contribution >= 0.6 is 0 Å². The van der Waals surface area contributed by atoms with Gasteiger partial charge in [0.2, 0.25) is 0 Å². The summed E-state index contributed by atoms with van der Waals surface area (Å²) in [6.07, 6.45) is 1.46. The Bertz CT molecular complexity index is 289. The minimum Gasteiger partial charge on any atom is -0.375 e. The zero-order valence-electron chi connectivity index (χ0n) is 8.93. The van der Waals surface area contributed by atoms with Gasteiger partial charge >= 0.3 is 0 Å². The number of nitrogens with two attached hydrogens (primary N) is 1. The van der Waals surface area contributed by atoms with Crippen molar-refractivity contribution in [3.05, 3.63) is 30.3 Å². The van der Waals surface area contributed by atoms with Gasteiger partial charge in [0.15, 0.2) is 0 Å². The van der Waals surface area contributed by atoms with Gasteiger partial charge in [-0.1, -0.05) is 18.2 Å². The third-order valence-corrected chi connectivity index (χ3v) is 2.74. The van der Waals surface area contributed by atoms with E-state index in [1.807, 2.05) is 6.07 Å². The molecule has 82 valence electrons. The van der Waals surface area contributed by atoms with E-state index < -0.39 is 0 Å². The van der Waals surface area contributed by atoms with Crippen molar-refractivity contribution >= 4 is 5.69 Å². The van der Waals surface area contributed by atoms with Crippen LogP contribution < -0.4 is 10.6 Å². The normalized spacial score (nSPS) is 20.9. The molecule has 0 amide bonds. The van der Waals surface area contributed by atoms with Crippen LogP contribution in [0.4, 0.5) is 5.69 Å². The van der Waals surface area contributed by atoms with Crippen molar-refractivity contribution < 1.29 is 4.74 Å². The highest BCUT2D eigenvalue weighted by Gasteiger charge is 2.22. The minimum absolute atomic E-state index is 0.355. The summed E-state index contributed by atoms with van der Waals surface area (Å²) in [5, 5.41) is 0. The van der Waals surface area contributed by atoms with Crippen LogP contribution in [-0.4, -0.2) is 32.3 Å². The number of rotatable bonds is 4. The van der Waals surface area contributed by atoms with Gasteiger partial charge in [0, 0.05) is 25.3 Å². The molecule has 2 N–H and O–H groups in total. The van der Waals surface area contributed by atoms with Gasteiger partial charge in [0.1, 0.15) is 0 Å². The lowest BCUT2D eigenvalue weighted by Gasteiger charge is -2.18. The zero-order valence-corrected chi connectivity index (χ0v) is 8.93. The van der Waals surface area contributed by atoms with Crippen molar-refractivity contribution in [2.45, 2.75) is 12.5 Å². The van der Waals surface area contributed by atoms with Gasteiger partial charge in [-0.25, -0.2) is 0 Å². The summed E-state index contributed by atoms with van der Waals surface area (Å²) in [5.41, 5.74) is 6.70. The standard InChI is InChI=1S/C12H18N2O/c13-7-9-15-12-6-8-14(10-12)11-4-2-1-3-5-11/h1-5,12H,6-10,13H2/t12-/m0/s1. The molecule has 15 heavy (non-hydrogen) atoms. The first-order valence-corrected chi connectivity index (χ1v) is 5.52. The van der Waals surface area contributed by atoms with Crippen LogP contribution in [0.15, 0.2) is 30.3 Å². The predicted octanol–water partition coefficient (Wildman–Crippen LogP) is 1.24. The molecule has 1 aliphatic rings. The van der Waals surface area contributed by atoms with Gasteiger partial charge in [0.25, 0.3) is 0 Å². The highest BCUT2D eigenvalue weighted by Crippen LogP contribution is 2.20. The Hall–Kier alpha value is -1.06. The lowest BCUT2D eigenvalue weighted by molar-refractivity contribution is 0.0742. The third-order valence-electron chi connectivity index (χ3n) is 2.74. The Labute approximate surface area is 90.8 Å². The van der Waals surface area contributed by atoms with Crippen LogP contribution in [0.5, 0.6) is 0 Å². The molecule has 1 saturated heterocycles. The van der Waals surface area contributed by atoms with Gasteiger partial charge in [-0.3, -0.25) is 0 Å². The van der Waals surface area contributed by atoms with E-state index in [0.717, 1.165) is 19.5 Å². The number of hydrogen-bond donors (Lipinski definition) is 1. The fourth-order valence-corrected chi connectivity index (χ4v) is 1.97. The van der Waals surface area contributed by atoms with Crippen molar-refractivity contribution in [1.82, 2.24) is 0 Å². The molecule has 3 heteroatoms. The van der Waals surface area contributed by atoms with Gasteiger partial charge in [0.05, 0.1) is 12.7 Å².